The molecule has 0 aromatic carbocycles. The number of aliphatic hydroxyl groups is 3. The number of rotatable bonds is 26. The van der Waals surface area contributed by atoms with Crippen LogP contribution in [-0.2, 0) is 47.6 Å². The molecular weight excluding hydrogens is 616 g/mol. The van der Waals surface area contributed by atoms with E-state index in [1.54, 1.807) is 0 Å². The van der Waals surface area contributed by atoms with Crippen molar-refractivity contribution in [2.45, 2.75) is 173 Å². The topological polar surface area (TPSA) is 184 Å². The molecule has 274 valence electrons. The maximum Gasteiger partial charge on any atom is 0.306 e. The Balaban J connectivity index is 3.20. The molecule has 0 bridgehead atoms. The van der Waals surface area contributed by atoms with Gasteiger partial charge in [-0.15, -0.1) is 0 Å². The average Bonchev–Trinajstić information content (AvgIpc) is 3.03. The van der Waals surface area contributed by atoms with E-state index in [0.29, 0.717) is 12.8 Å². The molecule has 0 radical (unpaired) electrons. The molecule has 47 heavy (non-hydrogen) atoms. The minimum Gasteiger partial charge on any atom is -0.463 e. The van der Waals surface area contributed by atoms with Crippen LogP contribution in [0.25, 0.3) is 0 Å². The summed E-state index contributed by atoms with van der Waals surface area (Å²) in [5.74, 6) is -2.63. The molecular formula is C34H60O13. The zero-order valence-electron chi connectivity index (χ0n) is 28.9. The van der Waals surface area contributed by atoms with Crippen molar-refractivity contribution >= 4 is 23.9 Å². The van der Waals surface area contributed by atoms with Crippen LogP contribution in [0.2, 0.25) is 0 Å². The summed E-state index contributed by atoms with van der Waals surface area (Å²) in [6.45, 7) is 4.89. The summed E-state index contributed by atoms with van der Waals surface area (Å²) in [5.41, 5.74) is 0. The molecule has 7 atom stereocenters. The number of unbranched alkanes of at least 4 members (excludes halogenated alkanes) is 12. The van der Waals surface area contributed by atoms with Crippen molar-refractivity contribution in [3.8, 4) is 0 Å². The van der Waals surface area contributed by atoms with E-state index in [9.17, 15) is 34.5 Å². The SMILES string of the molecule is CCCCCCCCCC(=O)O[C@H]1[C@H](OC(C)=O)[C@@H](COC(C)=O)OC(OCC(O)C(O)CO)[C@H]1OC(=O)CCCCCCCCC. The van der Waals surface area contributed by atoms with Crippen LogP contribution in [0, 0.1) is 0 Å². The highest BCUT2D eigenvalue weighted by molar-refractivity contribution is 5.71. The van der Waals surface area contributed by atoms with Gasteiger partial charge in [0, 0.05) is 26.7 Å². The maximum absolute atomic E-state index is 13.1. The van der Waals surface area contributed by atoms with Gasteiger partial charge in [-0.05, 0) is 12.8 Å². The molecule has 1 saturated heterocycles. The Bertz CT molecular complexity index is 882. The van der Waals surface area contributed by atoms with E-state index >= 15 is 0 Å². The summed E-state index contributed by atoms with van der Waals surface area (Å²) in [7, 11) is 0. The van der Waals surface area contributed by atoms with E-state index in [1.165, 1.54) is 6.92 Å². The molecule has 1 aliphatic rings. The van der Waals surface area contributed by atoms with Gasteiger partial charge in [-0.2, -0.15) is 0 Å². The molecule has 13 nitrogen and oxygen atoms in total. The largest absolute Gasteiger partial charge is 0.463 e. The second-order valence-electron chi connectivity index (χ2n) is 12.2. The smallest absolute Gasteiger partial charge is 0.306 e. The highest BCUT2D eigenvalue weighted by Gasteiger charge is 2.53. The molecule has 1 fully saturated rings. The fraction of sp³-hybridized carbons (Fsp3) is 0.882. The van der Waals surface area contributed by atoms with E-state index in [0.717, 1.165) is 84.0 Å². The molecule has 0 saturated carbocycles. The summed E-state index contributed by atoms with van der Waals surface area (Å²) in [5, 5.41) is 29.3. The molecule has 3 unspecified atom stereocenters. The van der Waals surface area contributed by atoms with E-state index in [2.05, 4.69) is 13.8 Å². The van der Waals surface area contributed by atoms with Gasteiger partial charge >= 0.3 is 23.9 Å². The second-order valence-corrected chi connectivity index (χ2v) is 12.2. The first-order valence-electron chi connectivity index (χ1n) is 17.5. The Kier molecular flexibility index (Phi) is 23.3. The number of carbonyl (C=O) groups is 4. The van der Waals surface area contributed by atoms with E-state index in [1.807, 2.05) is 0 Å². The van der Waals surface area contributed by atoms with Gasteiger partial charge in [0.1, 0.15) is 24.9 Å². The Morgan fingerprint density at radius 1 is 0.638 bits per heavy atom. The molecule has 0 aromatic rings. The van der Waals surface area contributed by atoms with Crippen LogP contribution in [0.4, 0.5) is 0 Å². The third-order valence-electron chi connectivity index (χ3n) is 7.91. The van der Waals surface area contributed by atoms with Gasteiger partial charge in [0.2, 0.25) is 0 Å². The highest BCUT2D eigenvalue weighted by Crippen LogP contribution is 2.31. The summed E-state index contributed by atoms with van der Waals surface area (Å²) in [6, 6.07) is 0. The van der Waals surface area contributed by atoms with E-state index < -0.39 is 86.6 Å². The van der Waals surface area contributed by atoms with Crippen molar-refractivity contribution in [1.82, 2.24) is 0 Å². The van der Waals surface area contributed by atoms with Crippen LogP contribution >= 0.6 is 0 Å². The number of hydrogen-bond acceptors (Lipinski definition) is 13. The van der Waals surface area contributed by atoms with E-state index in [-0.39, 0.29) is 12.8 Å². The van der Waals surface area contributed by atoms with Gasteiger partial charge in [-0.25, -0.2) is 0 Å². The molecule has 1 aliphatic heterocycles. The highest BCUT2D eigenvalue weighted by atomic mass is 16.7. The quantitative estimate of drug-likeness (QED) is 0.0678. The van der Waals surface area contributed by atoms with Gasteiger partial charge in [0.25, 0.3) is 0 Å². The maximum atomic E-state index is 13.1. The van der Waals surface area contributed by atoms with Gasteiger partial charge in [0.05, 0.1) is 13.2 Å². The van der Waals surface area contributed by atoms with Crippen LogP contribution in [0.3, 0.4) is 0 Å². The van der Waals surface area contributed by atoms with Gasteiger partial charge in [0.15, 0.2) is 24.6 Å². The third kappa shape index (κ3) is 18.7. The van der Waals surface area contributed by atoms with Crippen LogP contribution in [0.5, 0.6) is 0 Å². The van der Waals surface area contributed by atoms with Crippen molar-refractivity contribution in [2.75, 3.05) is 19.8 Å². The molecule has 3 N–H and O–H groups in total. The van der Waals surface area contributed by atoms with Crippen molar-refractivity contribution in [3.05, 3.63) is 0 Å². The molecule has 1 rings (SSSR count). The summed E-state index contributed by atoms with van der Waals surface area (Å²) in [4.78, 5) is 50.1. The first-order chi connectivity index (χ1) is 22.5. The predicted molar refractivity (Wildman–Crippen MR) is 171 cm³/mol. The normalized spacial score (nSPS) is 22.2. The molecule has 13 heteroatoms. The van der Waals surface area contributed by atoms with Crippen molar-refractivity contribution in [1.29, 1.82) is 0 Å². The summed E-state index contributed by atoms with van der Waals surface area (Å²) < 4.78 is 34.0. The number of carbonyl (C=O) groups excluding carboxylic acids is 4. The average molecular weight is 677 g/mol. The lowest BCUT2D eigenvalue weighted by Gasteiger charge is -2.44. The number of esters is 4. The number of ether oxygens (including phenoxy) is 6. The fourth-order valence-corrected chi connectivity index (χ4v) is 5.24. The Labute approximate surface area is 279 Å². The van der Waals surface area contributed by atoms with Gasteiger partial charge < -0.3 is 43.7 Å². The van der Waals surface area contributed by atoms with Crippen molar-refractivity contribution in [2.24, 2.45) is 0 Å². The van der Waals surface area contributed by atoms with Crippen LogP contribution < -0.4 is 0 Å². The van der Waals surface area contributed by atoms with Crippen LogP contribution in [-0.4, -0.2) is 102 Å². The minimum absolute atomic E-state index is 0.0661. The molecule has 0 amide bonds. The summed E-state index contributed by atoms with van der Waals surface area (Å²) >= 11 is 0. The Hall–Kier alpha value is -2.32. The van der Waals surface area contributed by atoms with E-state index in [4.69, 9.17) is 28.4 Å². The molecule has 0 aliphatic carbocycles. The first kappa shape index (κ1) is 42.7. The lowest BCUT2D eigenvalue weighted by Crippen LogP contribution is -2.63. The standard InChI is InChI=1S/C34H60O13/c1-5-7-9-11-13-15-17-19-29(40)46-32-31(44-25(4)37)28(23-42-24(3)36)45-34(43-22-27(39)26(38)21-35)33(32)47-30(41)20-18-16-14-12-10-8-6-2/h26-28,31-35,38-39H,5-23H2,1-4H3/t26?,27?,28-,31-,32+,33+,34?/m1/s1. The number of hydrogen-bond donors (Lipinski definition) is 3. The minimum atomic E-state index is -1.54. The number of aliphatic hydroxyl groups excluding tert-OH is 3. The summed E-state index contributed by atoms with van der Waals surface area (Å²) in [6.07, 6.45) is 3.91. The second kappa shape index (κ2) is 25.7. The predicted octanol–water partition coefficient (Wildman–Crippen LogP) is 4.04. The van der Waals surface area contributed by atoms with Crippen molar-refractivity contribution < 1.29 is 62.9 Å². The fourth-order valence-electron chi connectivity index (χ4n) is 5.24. The lowest BCUT2D eigenvalue weighted by atomic mass is 9.97. The lowest BCUT2D eigenvalue weighted by molar-refractivity contribution is -0.312. The Morgan fingerprint density at radius 3 is 1.60 bits per heavy atom. The van der Waals surface area contributed by atoms with Crippen LogP contribution in [0.1, 0.15) is 130 Å². The van der Waals surface area contributed by atoms with Gasteiger partial charge in [-0.1, -0.05) is 90.9 Å². The first-order valence-corrected chi connectivity index (χ1v) is 17.5. The monoisotopic (exact) mass is 676 g/mol. The molecule has 1 heterocycles. The third-order valence-corrected chi connectivity index (χ3v) is 7.91. The molecule has 0 spiro atoms. The molecule has 0 aromatic heterocycles. The zero-order valence-corrected chi connectivity index (χ0v) is 28.9. The zero-order chi connectivity index (χ0) is 35.0. The van der Waals surface area contributed by atoms with Crippen LogP contribution in [0.15, 0.2) is 0 Å². The van der Waals surface area contributed by atoms with Crippen molar-refractivity contribution in [3.63, 3.8) is 0 Å². The van der Waals surface area contributed by atoms with Gasteiger partial charge in [-0.3, -0.25) is 19.2 Å². The Morgan fingerprint density at radius 2 is 1.13 bits per heavy atom.